The summed E-state index contributed by atoms with van der Waals surface area (Å²) in [6, 6.07) is 9.08. The van der Waals surface area contributed by atoms with E-state index in [1.54, 1.807) is 18.5 Å². The first kappa shape index (κ1) is 17.8. The van der Waals surface area contributed by atoms with E-state index in [0.29, 0.717) is 10.8 Å². The Hall–Kier alpha value is -3.00. The Morgan fingerprint density at radius 1 is 1.23 bits per heavy atom. The van der Waals surface area contributed by atoms with Crippen LogP contribution in [0.5, 0.6) is 5.88 Å². The highest BCUT2D eigenvalue weighted by molar-refractivity contribution is 7.16. The second-order valence-corrected chi connectivity index (χ2v) is 6.62. The lowest BCUT2D eigenvalue weighted by molar-refractivity contribution is 0.213. The molecule has 0 unspecified atom stereocenters. The number of hydrogen-bond donors (Lipinski definition) is 2. The van der Waals surface area contributed by atoms with Gasteiger partial charge in [0.2, 0.25) is 0 Å². The topological polar surface area (TPSA) is 89.0 Å². The maximum Gasteiger partial charge on any atom is 0.419 e. The molecule has 3 aromatic heterocycles. The molecule has 0 saturated carbocycles. The first-order chi connectivity index (χ1) is 12.6. The number of rotatable bonds is 6. The zero-order chi connectivity index (χ0) is 18.4. The normalized spacial score (nSPS) is 10.4. The highest BCUT2D eigenvalue weighted by atomic mass is 32.1. The van der Waals surface area contributed by atoms with Crippen molar-refractivity contribution in [2.75, 3.05) is 10.6 Å². The van der Waals surface area contributed by atoms with E-state index in [4.69, 9.17) is 4.74 Å². The van der Waals surface area contributed by atoms with E-state index in [1.165, 1.54) is 11.3 Å². The first-order valence-electron chi connectivity index (χ1n) is 8.23. The summed E-state index contributed by atoms with van der Waals surface area (Å²) in [4.78, 5) is 24.9. The van der Waals surface area contributed by atoms with Crippen LogP contribution in [0, 0.1) is 6.92 Å². The van der Waals surface area contributed by atoms with Crippen LogP contribution in [0.2, 0.25) is 0 Å². The van der Waals surface area contributed by atoms with Gasteiger partial charge in [0.25, 0.3) is 5.88 Å². The predicted molar refractivity (Wildman–Crippen MR) is 102 cm³/mol. The number of carbonyl (C=O) groups is 1. The van der Waals surface area contributed by atoms with Gasteiger partial charge in [-0.3, -0.25) is 10.3 Å². The zero-order valence-corrected chi connectivity index (χ0v) is 15.3. The van der Waals surface area contributed by atoms with Crippen LogP contribution in [-0.4, -0.2) is 21.0 Å². The third kappa shape index (κ3) is 4.76. The fourth-order valence-electron chi connectivity index (χ4n) is 2.22. The molecule has 0 radical (unpaired) electrons. The zero-order valence-electron chi connectivity index (χ0n) is 14.5. The lowest BCUT2D eigenvalue weighted by atomic mass is 10.4. The molecule has 0 aromatic carbocycles. The molecular formula is C18H19N5O2S. The third-order valence-electron chi connectivity index (χ3n) is 3.33. The van der Waals surface area contributed by atoms with E-state index < -0.39 is 6.09 Å². The van der Waals surface area contributed by atoms with Crippen LogP contribution in [0.25, 0.3) is 0 Å². The van der Waals surface area contributed by atoms with Gasteiger partial charge in [-0.2, -0.15) is 0 Å². The van der Waals surface area contributed by atoms with E-state index in [-0.39, 0.29) is 5.88 Å². The van der Waals surface area contributed by atoms with Crippen LogP contribution in [0.4, 0.5) is 21.3 Å². The Morgan fingerprint density at radius 2 is 2.12 bits per heavy atom. The third-order valence-corrected chi connectivity index (χ3v) is 4.34. The maximum atomic E-state index is 12.2. The van der Waals surface area contributed by atoms with E-state index in [1.807, 2.05) is 31.2 Å². The first-order valence-corrected chi connectivity index (χ1v) is 9.05. The summed E-state index contributed by atoms with van der Waals surface area (Å²) in [6.07, 6.45) is 4.53. The average molecular weight is 369 g/mol. The fraction of sp³-hybridized carbons (Fsp3) is 0.222. The van der Waals surface area contributed by atoms with E-state index in [0.717, 1.165) is 29.2 Å². The molecule has 0 fully saturated rings. The van der Waals surface area contributed by atoms with Gasteiger partial charge in [0.15, 0.2) is 5.00 Å². The number of ether oxygens (including phenoxy) is 1. The SMILES string of the molecule is CCCc1nc(OC(=O)Nc2cccc(C)n2)c(Nc2cccnc2)s1. The van der Waals surface area contributed by atoms with Gasteiger partial charge in [0.05, 0.1) is 16.9 Å². The van der Waals surface area contributed by atoms with Crippen LogP contribution < -0.4 is 15.4 Å². The Labute approximate surface area is 155 Å². The molecule has 3 aromatic rings. The summed E-state index contributed by atoms with van der Waals surface area (Å²) in [5, 5.41) is 7.38. The highest BCUT2D eigenvalue weighted by Crippen LogP contribution is 2.34. The van der Waals surface area contributed by atoms with Crippen LogP contribution >= 0.6 is 11.3 Å². The fourth-order valence-corrected chi connectivity index (χ4v) is 3.23. The van der Waals surface area contributed by atoms with Gasteiger partial charge in [-0.25, -0.2) is 14.8 Å². The molecule has 7 nitrogen and oxygen atoms in total. The van der Waals surface area contributed by atoms with Crippen LogP contribution in [0.3, 0.4) is 0 Å². The Balaban J connectivity index is 1.75. The molecule has 0 aliphatic heterocycles. The lowest BCUT2D eigenvalue weighted by Gasteiger charge is -2.07. The predicted octanol–water partition coefficient (Wildman–Crippen LogP) is 4.55. The number of aromatic nitrogens is 3. The monoisotopic (exact) mass is 369 g/mol. The molecular weight excluding hydrogens is 350 g/mol. The second kappa shape index (κ2) is 8.39. The van der Waals surface area contributed by atoms with Crippen molar-refractivity contribution in [3.8, 4) is 5.88 Å². The largest absolute Gasteiger partial charge is 0.419 e. The minimum atomic E-state index is -0.634. The maximum absolute atomic E-state index is 12.2. The molecule has 2 N–H and O–H groups in total. The minimum absolute atomic E-state index is 0.243. The van der Waals surface area contributed by atoms with Crippen LogP contribution in [-0.2, 0) is 6.42 Å². The van der Waals surface area contributed by atoms with Crippen LogP contribution in [0.15, 0.2) is 42.7 Å². The summed E-state index contributed by atoms with van der Waals surface area (Å²) in [6.45, 7) is 3.93. The van der Waals surface area contributed by atoms with E-state index in [2.05, 4.69) is 32.5 Å². The molecule has 0 aliphatic rings. The Morgan fingerprint density at radius 3 is 2.85 bits per heavy atom. The molecule has 134 valence electrons. The number of nitrogens with zero attached hydrogens (tertiary/aromatic N) is 3. The number of aryl methyl sites for hydroxylation is 2. The molecule has 26 heavy (non-hydrogen) atoms. The average Bonchev–Trinajstić information content (AvgIpc) is 2.97. The molecule has 1 amide bonds. The molecule has 0 saturated heterocycles. The molecule has 0 atom stereocenters. The van der Waals surface area contributed by atoms with Gasteiger partial charge < -0.3 is 10.1 Å². The quantitative estimate of drug-likeness (QED) is 0.663. The molecule has 3 heterocycles. The molecule has 0 bridgehead atoms. The molecule has 0 spiro atoms. The van der Waals surface area contributed by atoms with Crippen molar-refractivity contribution < 1.29 is 9.53 Å². The van der Waals surface area contributed by atoms with E-state index >= 15 is 0 Å². The number of amides is 1. The van der Waals surface area contributed by atoms with Gasteiger partial charge >= 0.3 is 6.09 Å². The van der Waals surface area contributed by atoms with Gasteiger partial charge in [0.1, 0.15) is 5.82 Å². The number of hydrogen-bond acceptors (Lipinski definition) is 7. The Bertz CT molecular complexity index is 882. The van der Waals surface area contributed by atoms with Crippen molar-refractivity contribution in [2.45, 2.75) is 26.7 Å². The molecule has 0 aliphatic carbocycles. The van der Waals surface area contributed by atoms with Gasteiger partial charge in [-0.1, -0.05) is 24.3 Å². The summed E-state index contributed by atoms with van der Waals surface area (Å²) in [7, 11) is 0. The van der Waals surface area contributed by atoms with Crippen molar-refractivity contribution in [1.29, 1.82) is 0 Å². The summed E-state index contributed by atoms with van der Waals surface area (Å²) < 4.78 is 5.41. The second-order valence-electron chi connectivity index (χ2n) is 5.54. The van der Waals surface area contributed by atoms with E-state index in [9.17, 15) is 4.79 Å². The summed E-state index contributed by atoms with van der Waals surface area (Å²) >= 11 is 1.46. The number of carbonyl (C=O) groups excluding carboxylic acids is 1. The van der Waals surface area contributed by atoms with Crippen molar-refractivity contribution >= 4 is 33.9 Å². The molecule has 8 heteroatoms. The van der Waals surface area contributed by atoms with Gasteiger partial charge in [-0.05, 0) is 44.0 Å². The summed E-state index contributed by atoms with van der Waals surface area (Å²) in [5.74, 6) is 0.674. The van der Waals surface area contributed by atoms with Crippen molar-refractivity contribution in [3.05, 3.63) is 53.4 Å². The smallest absolute Gasteiger partial charge is 0.388 e. The van der Waals surface area contributed by atoms with Crippen molar-refractivity contribution in [2.24, 2.45) is 0 Å². The number of pyridine rings is 2. The van der Waals surface area contributed by atoms with Crippen molar-refractivity contribution in [1.82, 2.24) is 15.0 Å². The van der Waals surface area contributed by atoms with Gasteiger partial charge in [0, 0.05) is 11.9 Å². The Kier molecular flexibility index (Phi) is 5.75. The lowest BCUT2D eigenvalue weighted by Crippen LogP contribution is -2.18. The van der Waals surface area contributed by atoms with Gasteiger partial charge in [-0.15, -0.1) is 0 Å². The number of nitrogens with one attached hydrogen (secondary N) is 2. The molecule has 3 rings (SSSR count). The standard InChI is InChI=1S/C18H19N5O2S/c1-3-6-15-23-16(17(26-15)21-13-8-5-10-19-11-13)25-18(24)22-14-9-4-7-12(2)20-14/h4-5,7-11,21H,3,6H2,1-2H3,(H,20,22,24). The summed E-state index contributed by atoms with van der Waals surface area (Å²) in [5.41, 5.74) is 1.60. The number of anilines is 3. The number of thiazole rings is 1. The van der Waals surface area contributed by atoms with Crippen molar-refractivity contribution in [3.63, 3.8) is 0 Å². The van der Waals surface area contributed by atoms with Crippen LogP contribution in [0.1, 0.15) is 24.0 Å². The minimum Gasteiger partial charge on any atom is -0.388 e. The highest BCUT2D eigenvalue weighted by Gasteiger charge is 2.17.